The van der Waals surface area contributed by atoms with E-state index in [2.05, 4.69) is 146 Å². The van der Waals surface area contributed by atoms with Gasteiger partial charge in [-0.1, -0.05) is 287 Å². The summed E-state index contributed by atoms with van der Waals surface area (Å²) < 4.78 is 0. The number of aryl methyl sites for hydroxylation is 8. The van der Waals surface area contributed by atoms with Gasteiger partial charge in [0, 0.05) is 82.0 Å². The minimum absolute atomic E-state index is 0.0466. The van der Waals surface area contributed by atoms with Crippen molar-refractivity contribution in [1.82, 2.24) is 21.3 Å². The van der Waals surface area contributed by atoms with Crippen LogP contribution in [0.15, 0.2) is 297 Å². The molecular weight excluding hydrogens is 1600 g/mol. The van der Waals surface area contributed by atoms with E-state index in [4.69, 9.17) is 0 Å². The molecule has 0 aromatic heterocycles. The maximum atomic E-state index is 14.4. The number of benzene rings is 13. The van der Waals surface area contributed by atoms with E-state index in [0.29, 0.717) is 22.3 Å². The third kappa shape index (κ3) is 18.3. The lowest BCUT2D eigenvalue weighted by molar-refractivity contribution is -0.124. The van der Waals surface area contributed by atoms with Crippen LogP contribution in [0.5, 0.6) is 5.75 Å². The molecule has 13 aromatic carbocycles. The van der Waals surface area contributed by atoms with Crippen molar-refractivity contribution in [2.24, 2.45) is 0 Å². The summed E-state index contributed by atoms with van der Waals surface area (Å²) in [7, 11) is 0. The first kappa shape index (κ1) is 89.3. The Labute approximate surface area is 755 Å². The molecule has 12 aliphatic rings. The van der Waals surface area contributed by atoms with Crippen LogP contribution in [0.1, 0.15) is 226 Å². The topological polar surface area (TPSA) is 253 Å². The van der Waals surface area contributed by atoms with E-state index in [1.54, 1.807) is 48.5 Å². The normalized spacial score (nSPS) is 14.3. The Kier molecular flexibility index (Phi) is 27.1. The molecule has 0 atom stereocenters. The SMILES string of the molecule is Cc1cc2cc(C)c1NC(=O)c1cccc(c1)C(=O)Nc1c(C)cc(cc1C)C1(CCCCC1)c1cc(C)c(c(C)c1)NC(=O)c1cccc(c1)C(=O)Nc1c(C)cc(cc1C)C21CCCCC1.O=C(NCCNC(=O)C(c1ccccc1)(c1ccccc1)c1ccccc1)c1cccc(C(=O)NCCNC(=O)C(c2ccccc2)(c2ccccc2)c2ccccc2)c1O. The zero-order chi connectivity index (χ0) is 90.6. The van der Waals surface area contributed by atoms with E-state index in [1.807, 2.05) is 182 Å². The molecule has 10 aliphatic heterocycles. The molecule has 25 rings (SSSR count). The third-order valence-corrected chi connectivity index (χ3v) is 26.3. The van der Waals surface area contributed by atoms with Crippen LogP contribution >= 0.6 is 0 Å². The van der Waals surface area contributed by atoms with E-state index in [-0.39, 0.29) is 83.6 Å². The minimum Gasteiger partial charge on any atom is -0.506 e. The van der Waals surface area contributed by atoms with Gasteiger partial charge in [0.1, 0.15) is 16.6 Å². The number of amides is 8. The molecule has 652 valence electrons. The average molecular weight is 1710 g/mol. The van der Waals surface area contributed by atoms with Crippen LogP contribution in [0.2, 0.25) is 0 Å². The first-order chi connectivity index (χ1) is 62.4. The zero-order valence-electron chi connectivity index (χ0n) is 74.4. The van der Waals surface area contributed by atoms with E-state index in [9.17, 15) is 43.5 Å². The van der Waals surface area contributed by atoms with Crippen molar-refractivity contribution >= 4 is 70.0 Å². The van der Waals surface area contributed by atoms with Crippen LogP contribution in [0.4, 0.5) is 22.7 Å². The quantitative estimate of drug-likeness (QED) is 0.0329. The second-order valence-corrected chi connectivity index (χ2v) is 34.6. The molecule has 2 saturated carbocycles. The number of para-hydroxylation sites is 1. The Morgan fingerprint density at radius 3 is 0.713 bits per heavy atom. The van der Waals surface area contributed by atoms with Gasteiger partial charge in [0.2, 0.25) is 11.8 Å². The number of nitrogens with one attached hydrogen (secondary N) is 8. The number of hydrogen-bond donors (Lipinski definition) is 9. The average Bonchev–Trinajstić information content (AvgIpc) is 0.757. The van der Waals surface area contributed by atoms with Gasteiger partial charge >= 0.3 is 0 Å². The van der Waals surface area contributed by atoms with Crippen molar-refractivity contribution < 1.29 is 43.5 Å². The van der Waals surface area contributed by atoms with Crippen molar-refractivity contribution in [3.05, 3.63) is 431 Å². The predicted octanol–water partition coefficient (Wildman–Crippen LogP) is 21.1. The molecule has 12 bridgehead atoms. The zero-order valence-corrected chi connectivity index (χ0v) is 74.4. The molecule has 2 spiro atoms. The summed E-state index contributed by atoms with van der Waals surface area (Å²) in [4.78, 5) is 112. The lowest BCUT2D eigenvalue weighted by Gasteiger charge is -2.40. The molecule has 13 aromatic rings. The van der Waals surface area contributed by atoms with Crippen molar-refractivity contribution in [3.63, 3.8) is 0 Å². The highest BCUT2D eigenvalue weighted by molar-refractivity contribution is 6.11. The number of hydrogen-bond acceptors (Lipinski definition) is 9. The molecule has 17 heteroatoms. The van der Waals surface area contributed by atoms with E-state index in [1.165, 1.54) is 53.3 Å². The van der Waals surface area contributed by atoms with E-state index < -0.39 is 28.4 Å². The van der Waals surface area contributed by atoms with Gasteiger partial charge in [-0.3, -0.25) is 38.4 Å². The first-order valence-corrected chi connectivity index (χ1v) is 44.7. The fourth-order valence-electron chi connectivity index (χ4n) is 19.9. The summed E-state index contributed by atoms with van der Waals surface area (Å²) in [6, 6.07) is 93.4. The lowest BCUT2D eigenvalue weighted by atomic mass is 9.64. The molecule has 17 nitrogen and oxygen atoms in total. The minimum atomic E-state index is -1.18. The lowest BCUT2D eigenvalue weighted by Crippen LogP contribution is -2.48. The van der Waals surface area contributed by atoms with Gasteiger partial charge in [0.05, 0.1) is 11.1 Å². The summed E-state index contributed by atoms with van der Waals surface area (Å²) in [6.45, 7) is 16.7. The van der Waals surface area contributed by atoms with Crippen molar-refractivity contribution in [2.45, 2.75) is 141 Å². The molecular formula is C112H110N8O9. The van der Waals surface area contributed by atoms with Gasteiger partial charge in [-0.2, -0.15) is 0 Å². The summed E-state index contributed by atoms with van der Waals surface area (Å²) in [6.07, 6.45) is 10.7. The second kappa shape index (κ2) is 39.1. The number of phenols is 1. The molecule has 0 radical (unpaired) electrons. The fraction of sp³-hybridized carbons (Fsp3) is 0.232. The largest absolute Gasteiger partial charge is 0.506 e. The van der Waals surface area contributed by atoms with Crippen molar-refractivity contribution in [1.29, 1.82) is 0 Å². The molecule has 0 saturated heterocycles. The van der Waals surface area contributed by atoms with Gasteiger partial charge < -0.3 is 47.6 Å². The Balaban J connectivity index is 0.000000199. The summed E-state index contributed by atoms with van der Waals surface area (Å²) in [5, 5.41) is 35.5. The van der Waals surface area contributed by atoms with Crippen LogP contribution in [-0.2, 0) is 31.2 Å². The van der Waals surface area contributed by atoms with Gasteiger partial charge in [-0.05, 0) is 230 Å². The third-order valence-electron chi connectivity index (χ3n) is 26.3. The van der Waals surface area contributed by atoms with E-state index >= 15 is 0 Å². The number of carbonyl (C=O) groups excluding carboxylic acids is 8. The molecule has 8 amide bonds. The predicted molar refractivity (Wildman–Crippen MR) is 513 cm³/mol. The Hall–Kier alpha value is -14.6. The van der Waals surface area contributed by atoms with Gasteiger partial charge in [0.25, 0.3) is 35.4 Å². The van der Waals surface area contributed by atoms with Crippen LogP contribution in [0, 0.1) is 55.4 Å². The number of anilines is 4. The number of phenolic OH excluding ortho intramolecular Hbond substituents is 1. The molecule has 2 aliphatic carbocycles. The maximum Gasteiger partial charge on any atom is 0.255 e. The Morgan fingerprint density at radius 1 is 0.279 bits per heavy atom. The highest BCUT2D eigenvalue weighted by Gasteiger charge is 2.46. The molecule has 2 fully saturated rings. The van der Waals surface area contributed by atoms with Crippen LogP contribution < -0.4 is 42.5 Å². The van der Waals surface area contributed by atoms with Gasteiger partial charge in [-0.25, -0.2) is 0 Å². The monoisotopic (exact) mass is 1710 g/mol. The molecule has 9 N–H and O–H groups in total. The van der Waals surface area contributed by atoms with Gasteiger partial charge in [-0.15, -0.1) is 0 Å². The highest BCUT2D eigenvalue weighted by atomic mass is 16.3. The maximum absolute atomic E-state index is 14.4. The Morgan fingerprint density at radius 2 is 0.488 bits per heavy atom. The fourth-order valence-corrected chi connectivity index (χ4v) is 19.9. The van der Waals surface area contributed by atoms with Crippen LogP contribution in [0.25, 0.3) is 0 Å². The van der Waals surface area contributed by atoms with E-state index in [0.717, 1.165) is 152 Å². The van der Waals surface area contributed by atoms with Crippen LogP contribution in [0.3, 0.4) is 0 Å². The number of carbonyl (C=O) groups is 8. The summed E-state index contributed by atoms with van der Waals surface area (Å²) >= 11 is 0. The second-order valence-electron chi connectivity index (χ2n) is 34.6. The molecule has 10 heterocycles. The summed E-state index contributed by atoms with van der Waals surface area (Å²) in [5.41, 5.74) is 19.0. The number of aromatic hydroxyl groups is 1. The Bertz CT molecular complexity index is 5520. The highest BCUT2D eigenvalue weighted by Crippen LogP contribution is 2.51. The van der Waals surface area contributed by atoms with Crippen LogP contribution in [-0.4, -0.2) is 78.5 Å². The molecule has 0 unspecified atom stereocenters. The van der Waals surface area contributed by atoms with Crippen molar-refractivity contribution in [3.8, 4) is 5.75 Å². The summed E-state index contributed by atoms with van der Waals surface area (Å²) in [5.74, 6) is -3.36. The van der Waals surface area contributed by atoms with Gasteiger partial charge in [0.15, 0.2) is 0 Å². The first-order valence-electron chi connectivity index (χ1n) is 44.7. The molecule has 129 heavy (non-hydrogen) atoms. The number of rotatable bonds is 16. The standard InChI is InChI=1S/C60H64N4O4.C52H46N4O5/c1-35-25-47-26-36(2)51(35)61-55(65)43-17-15-18-44(33-43)56(66)63-53-39(5)29-49(30-40(53)6)60(23-13-10-14-24-60)50-31-41(7)54(42(8)32-50)64-58(68)46-20-16-19-45(34-46)57(67)62-52-37(3)27-48(28-38(52)4)59(47)21-11-9-12-22-59;57-46-44(47(58)53-34-36-55-49(60)51(38-20-7-1-8-21-38,39-22-9-2-10-23-39)40-24-11-3-12-25-40)32-19-33-45(46)48(59)54-35-37-56-50(61)52(41-26-13-4-14-27-41,42-28-15-5-16-29-42)43-30-17-6-18-31-43/h15-20,25-34H,9-14,21-24H2,1-8H3,(H,61,65)(H,62,67)(H,63,66)(H,64,68);1-33,57H,34-37H2,(H,53,58)(H,54,59)(H,55,60)(H,56,61). The smallest absolute Gasteiger partial charge is 0.255 e. The van der Waals surface area contributed by atoms with Crippen molar-refractivity contribution in [2.75, 3.05) is 47.4 Å².